The smallest absolute Gasteiger partial charge is 0.183 e. The van der Waals surface area contributed by atoms with Crippen LogP contribution in [0.2, 0.25) is 4.47 Å². The van der Waals surface area contributed by atoms with E-state index < -0.39 is 0 Å². The van der Waals surface area contributed by atoms with Gasteiger partial charge in [-0.1, -0.05) is 11.6 Å². The van der Waals surface area contributed by atoms with Gasteiger partial charge < -0.3 is 0 Å². The predicted octanol–water partition coefficient (Wildman–Crippen LogP) is 2.38. The summed E-state index contributed by atoms with van der Waals surface area (Å²) in [5.41, 5.74) is 0. The molecule has 1 aromatic rings. The van der Waals surface area contributed by atoms with E-state index in [1.54, 1.807) is 13.2 Å². The lowest BCUT2D eigenvalue weighted by molar-refractivity contribution is 0.947. The van der Waals surface area contributed by atoms with E-state index in [0.717, 1.165) is 4.88 Å². The lowest BCUT2D eigenvalue weighted by Crippen LogP contribution is -1.69. The summed E-state index contributed by atoms with van der Waals surface area (Å²) in [6, 6.07) is 0. The average molecular weight is 176 g/mol. The van der Waals surface area contributed by atoms with Crippen LogP contribution in [0.5, 0.6) is 0 Å². The van der Waals surface area contributed by atoms with Crippen molar-refractivity contribution in [3.8, 4) is 0 Å². The minimum Gasteiger partial charge on any atom is -0.233 e. The number of azo groups is 1. The summed E-state index contributed by atoms with van der Waals surface area (Å²) in [7, 11) is 1.64. The molecule has 1 aromatic heterocycles. The first kappa shape index (κ1) is 7.63. The Bertz CT molecular complexity index is 233. The lowest BCUT2D eigenvalue weighted by Gasteiger charge is -1.81. The van der Waals surface area contributed by atoms with E-state index in [-0.39, 0.29) is 0 Å². The van der Waals surface area contributed by atoms with Gasteiger partial charge >= 0.3 is 0 Å². The van der Waals surface area contributed by atoms with E-state index in [9.17, 15) is 0 Å². The van der Waals surface area contributed by atoms with Crippen LogP contribution < -0.4 is 0 Å². The van der Waals surface area contributed by atoms with Crippen LogP contribution in [0.25, 0.3) is 0 Å². The molecule has 54 valence electrons. The molecule has 1 heterocycles. The fraction of sp³-hybridized carbons (Fsp3) is 0.400. The highest BCUT2D eigenvalue weighted by atomic mass is 35.5. The number of hydrogen-bond donors (Lipinski definition) is 0. The van der Waals surface area contributed by atoms with Crippen molar-refractivity contribution in [2.45, 2.75) is 6.54 Å². The number of aromatic nitrogens is 1. The third kappa shape index (κ3) is 2.04. The van der Waals surface area contributed by atoms with E-state index >= 15 is 0 Å². The molecule has 0 N–H and O–H groups in total. The van der Waals surface area contributed by atoms with Crippen LogP contribution in [0.4, 0.5) is 0 Å². The van der Waals surface area contributed by atoms with E-state index in [1.807, 2.05) is 0 Å². The standard InChI is InChI=1S/C5H6ClN3S/c1-7-9-3-4-2-8-5(6)10-4/h2H,3H2,1H3. The molecule has 0 saturated heterocycles. The first-order valence-corrected chi connectivity index (χ1v) is 3.88. The molecular formula is C5H6ClN3S. The molecule has 1 rings (SSSR count). The van der Waals surface area contributed by atoms with E-state index in [2.05, 4.69) is 15.2 Å². The molecule has 0 saturated carbocycles. The zero-order chi connectivity index (χ0) is 7.40. The summed E-state index contributed by atoms with van der Waals surface area (Å²) >= 11 is 7.00. The molecule has 0 aromatic carbocycles. The van der Waals surface area contributed by atoms with Crippen molar-refractivity contribution >= 4 is 22.9 Å². The second kappa shape index (κ2) is 3.63. The van der Waals surface area contributed by atoms with Crippen molar-refractivity contribution in [1.82, 2.24) is 4.98 Å². The molecule has 0 spiro atoms. The van der Waals surface area contributed by atoms with Gasteiger partial charge in [0.15, 0.2) is 4.47 Å². The SMILES string of the molecule is CN=NCc1cnc(Cl)s1. The van der Waals surface area contributed by atoms with Crippen molar-refractivity contribution in [2.24, 2.45) is 10.2 Å². The van der Waals surface area contributed by atoms with E-state index in [4.69, 9.17) is 11.6 Å². The van der Waals surface area contributed by atoms with E-state index in [0.29, 0.717) is 11.0 Å². The first-order chi connectivity index (χ1) is 4.83. The van der Waals surface area contributed by atoms with Crippen LogP contribution in [0.1, 0.15) is 4.88 Å². The number of halogens is 1. The molecule has 0 unspecified atom stereocenters. The number of rotatable bonds is 2. The summed E-state index contributed by atoms with van der Waals surface area (Å²) < 4.78 is 0.557. The number of hydrogen-bond acceptors (Lipinski definition) is 4. The third-order valence-corrected chi connectivity index (χ3v) is 1.99. The highest BCUT2D eigenvalue weighted by molar-refractivity contribution is 7.15. The maximum absolute atomic E-state index is 5.57. The van der Waals surface area contributed by atoms with Gasteiger partial charge in [-0.3, -0.25) is 0 Å². The number of nitrogens with zero attached hydrogens (tertiary/aromatic N) is 3. The van der Waals surface area contributed by atoms with Crippen LogP contribution >= 0.6 is 22.9 Å². The molecule has 0 amide bonds. The molecule has 0 atom stereocenters. The van der Waals surface area contributed by atoms with Gasteiger partial charge in [-0.15, -0.1) is 11.3 Å². The monoisotopic (exact) mass is 175 g/mol. The topological polar surface area (TPSA) is 37.6 Å². The number of thiazole rings is 1. The molecule has 0 radical (unpaired) electrons. The molecule has 3 nitrogen and oxygen atoms in total. The highest BCUT2D eigenvalue weighted by Gasteiger charge is 1.96. The molecule has 0 aliphatic rings. The van der Waals surface area contributed by atoms with E-state index in [1.165, 1.54) is 11.3 Å². The van der Waals surface area contributed by atoms with Crippen LogP contribution in [0.3, 0.4) is 0 Å². The minimum absolute atomic E-state index is 0.557. The van der Waals surface area contributed by atoms with Gasteiger partial charge in [-0.25, -0.2) is 4.98 Å². The fourth-order valence-electron chi connectivity index (χ4n) is 0.497. The lowest BCUT2D eigenvalue weighted by atomic mass is 10.6. The minimum atomic E-state index is 0.557. The second-order valence-electron chi connectivity index (χ2n) is 1.58. The van der Waals surface area contributed by atoms with Gasteiger partial charge in [-0.05, 0) is 0 Å². The Morgan fingerprint density at radius 1 is 1.80 bits per heavy atom. The summed E-state index contributed by atoms with van der Waals surface area (Å²) in [5.74, 6) is 0. The van der Waals surface area contributed by atoms with Crippen LogP contribution in [0, 0.1) is 0 Å². The second-order valence-corrected chi connectivity index (χ2v) is 3.28. The summed E-state index contributed by atoms with van der Waals surface area (Å²) in [6.45, 7) is 0.584. The van der Waals surface area contributed by atoms with Gasteiger partial charge in [0.2, 0.25) is 0 Å². The zero-order valence-electron chi connectivity index (χ0n) is 5.41. The maximum atomic E-state index is 5.57. The van der Waals surface area contributed by atoms with Gasteiger partial charge in [0, 0.05) is 18.1 Å². The molecule has 0 fully saturated rings. The van der Waals surface area contributed by atoms with Crippen molar-refractivity contribution < 1.29 is 0 Å². The maximum Gasteiger partial charge on any atom is 0.183 e. The third-order valence-electron chi connectivity index (χ3n) is 0.893. The van der Waals surface area contributed by atoms with Crippen molar-refractivity contribution in [3.05, 3.63) is 15.5 Å². The predicted molar refractivity (Wildman–Crippen MR) is 41.6 cm³/mol. The van der Waals surface area contributed by atoms with Crippen LogP contribution in [0.15, 0.2) is 16.4 Å². The highest BCUT2D eigenvalue weighted by Crippen LogP contribution is 2.18. The molecule has 5 heteroatoms. The van der Waals surface area contributed by atoms with Crippen LogP contribution in [-0.4, -0.2) is 12.0 Å². The Morgan fingerprint density at radius 3 is 3.10 bits per heavy atom. The molecule has 0 bridgehead atoms. The summed E-state index contributed by atoms with van der Waals surface area (Å²) in [5, 5.41) is 7.39. The van der Waals surface area contributed by atoms with Crippen LogP contribution in [-0.2, 0) is 6.54 Å². The Kier molecular flexibility index (Phi) is 2.77. The zero-order valence-corrected chi connectivity index (χ0v) is 6.98. The van der Waals surface area contributed by atoms with Crippen molar-refractivity contribution in [1.29, 1.82) is 0 Å². The average Bonchev–Trinajstić information content (AvgIpc) is 2.31. The quantitative estimate of drug-likeness (QED) is 0.636. The summed E-state index contributed by atoms with van der Waals surface area (Å²) in [6.07, 6.45) is 1.71. The first-order valence-electron chi connectivity index (χ1n) is 2.68. The fourth-order valence-corrected chi connectivity index (χ4v) is 1.39. The van der Waals surface area contributed by atoms with Gasteiger partial charge in [0.05, 0.1) is 6.54 Å². The largest absolute Gasteiger partial charge is 0.233 e. The Hall–Kier alpha value is -0.480. The Balaban J connectivity index is 2.58. The van der Waals surface area contributed by atoms with Crippen molar-refractivity contribution in [2.75, 3.05) is 7.05 Å². The molecular weight excluding hydrogens is 170 g/mol. The Labute approximate surface area is 67.8 Å². The van der Waals surface area contributed by atoms with Gasteiger partial charge in [0.25, 0.3) is 0 Å². The van der Waals surface area contributed by atoms with Crippen molar-refractivity contribution in [3.63, 3.8) is 0 Å². The molecule has 0 aliphatic carbocycles. The Morgan fingerprint density at radius 2 is 2.60 bits per heavy atom. The molecule has 10 heavy (non-hydrogen) atoms. The normalized spacial score (nSPS) is 11.0. The molecule has 0 aliphatic heterocycles. The van der Waals surface area contributed by atoms with Gasteiger partial charge in [0.1, 0.15) is 0 Å². The summed E-state index contributed by atoms with van der Waals surface area (Å²) in [4.78, 5) is 4.89. The van der Waals surface area contributed by atoms with Gasteiger partial charge in [-0.2, -0.15) is 10.2 Å².